The minimum Gasteiger partial charge on any atom is -0.487 e. The van der Waals surface area contributed by atoms with Crippen molar-refractivity contribution in [2.45, 2.75) is 13.2 Å². The molecular formula is C23H23N3O4S. The lowest BCUT2D eigenvalue weighted by Crippen LogP contribution is -2.40. The summed E-state index contributed by atoms with van der Waals surface area (Å²) in [5.41, 5.74) is 2.38. The van der Waals surface area contributed by atoms with E-state index in [1.54, 1.807) is 30.5 Å². The Labute approximate surface area is 182 Å². The fourth-order valence-electron chi connectivity index (χ4n) is 2.65. The van der Waals surface area contributed by atoms with E-state index in [4.69, 9.17) is 4.74 Å². The molecule has 160 valence electrons. The molecule has 1 heterocycles. The van der Waals surface area contributed by atoms with Crippen LogP contribution in [0.2, 0.25) is 0 Å². The smallest absolute Gasteiger partial charge is 0.304 e. The lowest BCUT2D eigenvalue weighted by Gasteiger charge is -2.16. The topological polar surface area (TPSA) is 88.6 Å². The number of hydrogen-bond donors (Lipinski definition) is 1. The number of aromatic nitrogens is 1. The molecule has 7 nitrogen and oxygen atoms in total. The molecule has 1 amide bonds. The first-order valence-corrected chi connectivity index (χ1v) is 11.0. The van der Waals surface area contributed by atoms with Gasteiger partial charge in [-0.2, -0.15) is 12.7 Å². The zero-order chi connectivity index (χ0) is 22.1. The monoisotopic (exact) mass is 437 g/mol. The van der Waals surface area contributed by atoms with Gasteiger partial charge in [0.05, 0.1) is 5.69 Å². The number of ether oxygens (including phenoxy) is 1. The van der Waals surface area contributed by atoms with Gasteiger partial charge in [-0.3, -0.25) is 9.78 Å². The Bertz CT molecular complexity index is 1120. The van der Waals surface area contributed by atoms with E-state index in [2.05, 4.69) is 4.98 Å². The maximum Gasteiger partial charge on any atom is 0.304 e. The van der Waals surface area contributed by atoms with E-state index in [0.717, 1.165) is 21.1 Å². The molecule has 0 aliphatic carbocycles. The van der Waals surface area contributed by atoms with Crippen LogP contribution in [0.1, 0.15) is 16.8 Å². The largest absolute Gasteiger partial charge is 0.487 e. The third-order valence-corrected chi connectivity index (χ3v) is 5.72. The highest BCUT2D eigenvalue weighted by molar-refractivity contribution is 7.87. The number of amides is 1. The van der Waals surface area contributed by atoms with E-state index in [-0.39, 0.29) is 6.54 Å². The second kappa shape index (κ2) is 10.5. The molecule has 0 saturated heterocycles. The fraction of sp³-hybridized carbons (Fsp3) is 0.130. The summed E-state index contributed by atoms with van der Waals surface area (Å²) >= 11 is 0. The van der Waals surface area contributed by atoms with Crippen molar-refractivity contribution >= 4 is 22.2 Å². The van der Waals surface area contributed by atoms with Crippen molar-refractivity contribution in [3.05, 3.63) is 102 Å². The lowest BCUT2D eigenvalue weighted by atomic mass is 10.2. The van der Waals surface area contributed by atoms with Crippen molar-refractivity contribution in [1.29, 1.82) is 0 Å². The first-order valence-electron chi connectivity index (χ1n) is 9.55. The molecule has 0 saturated carbocycles. The second-order valence-electron chi connectivity index (χ2n) is 6.73. The van der Waals surface area contributed by atoms with Crippen molar-refractivity contribution in [3.63, 3.8) is 0 Å². The number of benzene rings is 2. The number of hydrogen-bond acceptors (Lipinski definition) is 5. The average Bonchev–Trinajstić information content (AvgIpc) is 2.78. The average molecular weight is 438 g/mol. The molecule has 3 aromatic rings. The van der Waals surface area contributed by atoms with Crippen molar-refractivity contribution in [2.24, 2.45) is 0 Å². The van der Waals surface area contributed by atoms with Crippen LogP contribution in [0.5, 0.6) is 5.75 Å². The van der Waals surface area contributed by atoms with Gasteiger partial charge in [-0.25, -0.2) is 4.72 Å². The molecule has 0 bridgehead atoms. The van der Waals surface area contributed by atoms with E-state index in [0.29, 0.717) is 12.4 Å². The zero-order valence-corrected chi connectivity index (χ0v) is 17.8. The van der Waals surface area contributed by atoms with Gasteiger partial charge < -0.3 is 4.74 Å². The summed E-state index contributed by atoms with van der Waals surface area (Å²) in [6.07, 6.45) is 4.42. The summed E-state index contributed by atoms with van der Waals surface area (Å²) in [4.78, 5) is 16.3. The normalized spacial score (nSPS) is 11.5. The number of carbonyl (C=O) groups excluding carboxylic acids is 1. The maximum atomic E-state index is 12.3. The van der Waals surface area contributed by atoms with Gasteiger partial charge in [0.15, 0.2) is 0 Å². The third kappa shape index (κ3) is 7.06. The third-order valence-electron chi connectivity index (χ3n) is 4.31. The van der Waals surface area contributed by atoms with Crippen LogP contribution in [0.15, 0.2) is 85.1 Å². The number of pyridine rings is 1. The Hall–Kier alpha value is -3.49. The summed E-state index contributed by atoms with van der Waals surface area (Å²) in [6.45, 7) is 0.514. The Morgan fingerprint density at radius 2 is 1.74 bits per heavy atom. The predicted molar refractivity (Wildman–Crippen MR) is 119 cm³/mol. The predicted octanol–water partition coefficient (Wildman–Crippen LogP) is 3.17. The quantitative estimate of drug-likeness (QED) is 0.520. The molecule has 1 aromatic heterocycles. The van der Waals surface area contributed by atoms with Gasteiger partial charge in [0.1, 0.15) is 12.4 Å². The standard InChI is InChI=1S/C23H23N3O4S/c1-26(17-20-7-3-2-4-8-20)31(28,29)25-23(27)15-12-19-10-13-22(14-11-19)30-18-21-9-5-6-16-24-21/h2-16H,17-18H2,1H3,(H,25,27)/b15-12+. The molecule has 0 unspecified atom stereocenters. The van der Waals surface area contributed by atoms with Gasteiger partial charge in [0.2, 0.25) is 0 Å². The molecule has 8 heteroatoms. The zero-order valence-electron chi connectivity index (χ0n) is 17.0. The highest BCUT2D eigenvalue weighted by Gasteiger charge is 2.19. The van der Waals surface area contributed by atoms with Crippen LogP contribution in [0, 0.1) is 0 Å². The van der Waals surface area contributed by atoms with E-state index in [1.165, 1.54) is 19.2 Å². The minimum atomic E-state index is -3.95. The molecule has 2 aromatic carbocycles. The highest BCUT2D eigenvalue weighted by atomic mass is 32.2. The van der Waals surface area contributed by atoms with E-state index >= 15 is 0 Å². The molecule has 0 radical (unpaired) electrons. The summed E-state index contributed by atoms with van der Waals surface area (Å²) in [5, 5.41) is 0. The van der Waals surface area contributed by atoms with Gasteiger partial charge in [-0.1, -0.05) is 48.5 Å². The molecule has 0 aliphatic heterocycles. The van der Waals surface area contributed by atoms with Gasteiger partial charge in [0, 0.05) is 25.9 Å². The van der Waals surface area contributed by atoms with Crippen LogP contribution < -0.4 is 9.46 Å². The van der Waals surface area contributed by atoms with Crippen LogP contribution in [-0.4, -0.2) is 30.7 Å². The van der Waals surface area contributed by atoms with Crippen LogP contribution in [0.25, 0.3) is 6.08 Å². The number of rotatable bonds is 9. The fourth-order valence-corrected chi connectivity index (χ4v) is 3.45. The summed E-state index contributed by atoms with van der Waals surface area (Å²) < 4.78 is 33.4. The Morgan fingerprint density at radius 3 is 2.42 bits per heavy atom. The summed E-state index contributed by atoms with van der Waals surface area (Å²) in [6, 6.07) is 21.8. The van der Waals surface area contributed by atoms with Crippen molar-refractivity contribution in [2.75, 3.05) is 7.05 Å². The first-order chi connectivity index (χ1) is 14.9. The van der Waals surface area contributed by atoms with Crippen molar-refractivity contribution in [3.8, 4) is 5.75 Å². The van der Waals surface area contributed by atoms with Gasteiger partial charge >= 0.3 is 10.2 Å². The van der Waals surface area contributed by atoms with E-state index in [9.17, 15) is 13.2 Å². The molecular weight excluding hydrogens is 414 g/mol. The Balaban J connectivity index is 1.51. The SMILES string of the molecule is CN(Cc1ccccc1)S(=O)(=O)NC(=O)/C=C/c1ccc(OCc2ccccn2)cc1. The van der Waals surface area contributed by atoms with Crippen molar-refractivity contribution in [1.82, 2.24) is 14.0 Å². The molecule has 0 aliphatic rings. The highest BCUT2D eigenvalue weighted by Crippen LogP contribution is 2.14. The lowest BCUT2D eigenvalue weighted by molar-refractivity contribution is -0.114. The second-order valence-corrected chi connectivity index (χ2v) is 8.50. The molecule has 1 N–H and O–H groups in total. The van der Waals surface area contributed by atoms with Crippen LogP contribution in [0.3, 0.4) is 0 Å². The van der Waals surface area contributed by atoms with E-state index in [1.807, 2.05) is 53.3 Å². The van der Waals surface area contributed by atoms with Gasteiger partial charge in [0.25, 0.3) is 5.91 Å². The van der Waals surface area contributed by atoms with Crippen LogP contribution in [-0.2, 0) is 28.2 Å². The van der Waals surface area contributed by atoms with Crippen LogP contribution >= 0.6 is 0 Å². The molecule has 3 rings (SSSR count). The minimum absolute atomic E-state index is 0.160. The first kappa shape index (κ1) is 22.2. The van der Waals surface area contributed by atoms with Gasteiger partial charge in [-0.15, -0.1) is 0 Å². The number of nitrogens with zero attached hydrogens (tertiary/aromatic N) is 2. The van der Waals surface area contributed by atoms with Gasteiger partial charge in [-0.05, 0) is 41.5 Å². The molecule has 0 fully saturated rings. The Morgan fingerprint density at radius 1 is 1.03 bits per heavy atom. The molecule has 0 atom stereocenters. The Kier molecular flexibility index (Phi) is 7.53. The molecule has 31 heavy (non-hydrogen) atoms. The number of carbonyl (C=O) groups is 1. The number of nitrogens with one attached hydrogen (secondary N) is 1. The van der Waals surface area contributed by atoms with Crippen molar-refractivity contribution < 1.29 is 17.9 Å². The van der Waals surface area contributed by atoms with Crippen LogP contribution in [0.4, 0.5) is 0 Å². The maximum absolute atomic E-state index is 12.3. The summed E-state index contributed by atoms with van der Waals surface area (Å²) in [7, 11) is -2.53. The summed E-state index contributed by atoms with van der Waals surface area (Å²) in [5.74, 6) is -0.0623. The van der Waals surface area contributed by atoms with E-state index < -0.39 is 16.1 Å². The molecule has 0 spiro atoms.